The van der Waals surface area contributed by atoms with Crippen LogP contribution in [0.2, 0.25) is 0 Å². The van der Waals surface area contributed by atoms with Gasteiger partial charge in [0.15, 0.2) is 6.61 Å². The summed E-state index contributed by atoms with van der Waals surface area (Å²) in [6.07, 6.45) is 0. The molecular formula is C13H18N2O2. The first kappa shape index (κ1) is 13.5. The quantitative estimate of drug-likeness (QED) is 0.746. The van der Waals surface area contributed by atoms with Crippen LogP contribution >= 0.6 is 0 Å². The summed E-state index contributed by atoms with van der Waals surface area (Å²) in [6, 6.07) is 9.57. The van der Waals surface area contributed by atoms with Crippen LogP contribution in [0, 0.1) is 17.2 Å². The van der Waals surface area contributed by atoms with Crippen LogP contribution in [0.4, 0.5) is 0 Å². The summed E-state index contributed by atoms with van der Waals surface area (Å²) in [5.74, 6) is 0.967. The monoisotopic (exact) mass is 234 g/mol. The Balaban J connectivity index is 2.40. The van der Waals surface area contributed by atoms with Crippen LogP contribution in [-0.2, 0) is 6.54 Å². The Bertz CT molecular complexity index is 374. The molecule has 1 unspecified atom stereocenters. The van der Waals surface area contributed by atoms with E-state index in [0.29, 0.717) is 5.75 Å². The minimum atomic E-state index is 0.0679. The number of nitrogens with zero attached hydrogens (tertiary/aromatic N) is 1. The summed E-state index contributed by atoms with van der Waals surface area (Å²) in [7, 11) is 0. The average molecular weight is 234 g/mol. The number of ether oxygens (including phenoxy) is 1. The molecule has 2 N–H and O–H groups in total. The third kappa shape index (κ3) is 5.34. The Labute approximate surface area is 102 Å². The lowest BCUT2D eigenvalue weighted by atomic mass is 10.2. The van der Waals surface area contributed by atoms with Gasteiger partial charge in [0.25, 0.3) is 0 Å². The second kappa shape index (κ2) is 7.66. The maximum Gasteiger partial charge on any atom is 0.174 e. The zero-order valence-electron chi connectivity index (χ0n) is 10.0. The highest BCUT2D eigenvalue weighted by Gasteiger charge is 2.00. The van der Waals surface area contributed by atoms with Gasteiger partial charge in [-0.15, -0.1) is 0 Å². The summed E-state index contributed by atoms with van der Waals surface area (Å²) in [5.41, 5.74) is 1.10. The van der Waals surface area contributed by atoms with Crippen LogP contribution in [0.15, 0.2) is 24.3 Å². The van der Waals surface area contributed by atoms with Gasteiger partial charge in [-0.25, -0.2) is 0 Å². The predicted octanol–water partition coefficient (Wildman–Crippen LogP) is 1.31. The topological polar surface area (TPSA) is 65.3 Å². The fourth-order valence-corrected chi connectivity index (χ4v) is 1.39. The molecule has 1 aromatic rings. The molecule has 1 rings (SSSR count). The summed E-state index contributed by atoms with van der Waals surface area (Å²) in [4.78, 5) is 0. The Hall–Kier alpha value is -1.57. The second-order valence-electron chi connectivity index (χ2n) is 4.01. The van der Waals surface area contributed by atoms with Crippen LogP contribution in [0.1, 0.15) is 12.5 Å². The summed E-state index contributed by atoms with van der Waals surface area (Å²) >= 11 is 0. The minimum Gasteiger partial charge on any atom is -0.479 e. The molecule has 0 bridgehead atoms. The summed E-state index contributed by atoms with van der Waals surface area (Å²) in [6.45, 7) is 3.75. The van der Waals surface area contributed by atoms with E-state index in [2.05, 4.69) is 5.32 Å². The van der Waals surface area contributed by atoms with Crippen molar-refractivity contribution in [2.75, 3.05) is 19.8 Å². The largest absolute Gasteiger partial charge is 0.479 e. The first-order valence-corrected chi connectivity index (χ1v) is 5.66. The number of hydrogen-bond donors (Lipinski definition) is 2. The van der Waals surface area contributed by atoms with Gasteiger partial charge in [0.2, 0.25) is 0 Å². The van der Waals surface area contributed by atoms with Crippen molar-refractivity contribution in [2.45, 2.75) is 13.5 Å². The fraction of sp³-hybridized carbons (Fsp3) is 0.462. The molecule has 0 aliphatic rings. The fourth-order valence-electron chi connectivity index (χ4n) is 1.39. The first-order valence-electron chi connectivity index (χ1n) is 5.66. The van der Waals surface area contributed by atoms with Crippen molar-refractivity contribution in [3.8, 4) is 11.8 Å². The molecule has 0 spiro atoms. The number of nitriles is 1. The third-order valence-electron chi connectivity index (χ3n) is 2.34. The standard InChI is InChI=1S/C13H18N2O2/c1-11(10-16)8-15-9-12-3-2-4-13(7-12)17-6-5-14/h2-4,7,11,15-16H,6,8-10H2,1H3. The highest BCUT2D eigenvalue weighted by Crippen LogP contribution is 2.12. The van der Waals surface area contributed by atoms with Crippen molar-refractivity contribution in [3.63, 3.8) is 0 Å². The highest BCUT2D eigenvalue weighted by molar-refractivity contribution is 5.28. The van der Waals surface area contributed by atoms with Crippen molar-refractivity contribution in [1.82, 2.24) is 5.32 Å². The molecule has 1 aromatic carbocycles. The van der Waals surface area contributed by atoms with Gasteiger partial charge < -0.3 is 15.2 Å². The van der Waals surface area contributed by atoms with Crippen LogP contribution in [0.5, 0.6) is 5.75 Å². The normalized spacial score (nSPS) is 11.8. The molecule has 1 atom stereocenters. The maximum atomic E-state index is 8.88. The summed E-state index contributed by atoms with van der Waals surface area (Å²) in [5, 5.41) is 20.6. The van der Waals surface area contributed by atoms with E-state index in [4.69, 9.17) is 15.1 Å². The van der Waals surface area contributed by atoms with E-state index < -0.39 is 0 Å². The zero-order valence-corrected chi connectivity index (χ0v) is 10.0. The van der Waals surface area contributed by atoms with E-state index in [1.165, 1.54) is 0 Å². The lowest BCUT2D eigenvalue weighted by Gasteiger charge is -2.10. The number of rotatable bonds is 7. The third-order valence-corrected chi connectivity index (χ3v) is 2.34. The first-order chi connectivity index (χ1) is 8.26. The lowest BCUT2D eigenvalue weighted by molar-refractivity contribution is 0.233. The molecule has 0 fully saturated rings. The molecule has 92 valence electrons. The molecular weight excluding hydrogens is 216 g/mol. The van der Waals surface area contributed by atoms with Gasteiger partial charge in [-0.3, -0.25) is 0 Å². The van der Waals surface area contributed by atoms with Crippen molar-refractivity contribution in [3.05, 3.63) is 29.8 Å². The van der Waals surface area contributed by atoms with Crippen molar-refractivity contribution in [1.29, 1.82) is 5.26 Å². The van der Waals surface area contributed by atoms with Crippen LogP contribution in [0.3, 0.4) is 0 Å². The highest BCUT2D eigenvalue weighted by atomic mass is 16.5. The molecule has 4 nitrogen and oxygen atoms in total. The minimum absolute atomic E-state index is 0.0679. The zero-order chi connectivity index (χ0) is 12.5. The second-order valence-corrected chi connectivity index (χ2v) is 4.01. The van der Waals surface area contributed by atoms with Gasteiger partial charge in [-0.05, 0) is 23.6 Å². The molecule has 17 heavy (non-hydrogen) atoms. The van der Waals surface area contributed by atoms with Gasteiger partial charge in [-0.2, -0.15) is 5.26 Å². The Morgan fingerprint density at radius 1 is 1.53 bits per heavy atom. The maximum absolute atomic E-state index is 8.88. The smallest absolute Gasteiger partial charge is 0.174 e. The van der Waals surface area contributed by atoms with Gasteiger partial charge in [-0.1, -0.05) is 19.1 Å². The van der Waals surface area contributed by atoms with E-state index in [9.17, 15) is 0 Å². The van der Waals surface area contributed by atoms with Gasteiger partial charge in [0.1, 0.15) is 11.8 Å². The van der Waals surface area contributed by atoms with Gasteiger partial charge >= 0.3 is 0 Å². The number of nitrogens with one attached hydrogen (secondary N) is 1. The van der Waals surface area contributed by atoms with Crippen molar-refractivity contribution >= 4 is 0 Å². The number of aliphatic hydroxyl groups is 1. The molecule has 0 aromatic heterocycles. The number of hydrogen-bond acceptors (Lipinski definition) is 4. The SMILES string of the molecule is CC(CO)CNCc1cccc(OCC#N)c1. The Morgan fingerprint density at radius 3 is 3.06 bits per heavy atom. The molecule has 0 saturated heterocycles. The molecule has 0 amide bonds. The molecule has 0 saturated carbocycles. The number of benzene rings is 1. The van der Waals surface area contributed by atoms with Crippen LogP contribution in [0.25, 0.3) is 0 Å². The van der Waals surface area contributed by atoms with E-state index >= 15 is 0 Å². The van der Waals surface area contributed by atoms with E-state index in [-0.39, 0.29) is 19.1 Å². The Kier molecular flexibility index (Phi) is 6.08. The van der Waals surface area contributed by atoms with Gasteiger partial charge in [0, 0.05) is 19.7 Å². The van der Waals surface area contributed by atoms with Crippen LogP contribution < -0.4 is 10.1 Å². The molecule has 4 heteroatoms. The lowest BCUT2D eigenvalue weighted by Crippen LogP contribution is -2.22. The van der Waals surface area contributed by atoms with Crippen LogP contribution in [-0.4, -0.2) is 24.9 Å². The Morgan fingerprint density at radius 2 is 2.35 bits per heavy atom. The molecule has 0 aliphatic heterocycles. The van der Waals surface area contributed by atoms with Gasteiger partial charge in [0.05, 0.1) is 0 Å². The van der Waals surface area contributed by atoms with E-state index in [0.717, 1.165) is 18.7 Å². The predicted molar refractivity (Wildman–Crippen MR) is 65.5 cm³/mol. The van der Waals surface area contributed by atoms with Crippen molar-refractivity contribution < 1.29 is 9.84 Å². The molecule has 0 aliphatic carbocycles. The summed E-state index contributed by atoms with van der Waals surface area (Å²) < 4.78 is 5.22. The number of aliphatic hydroxyl groups excluding tert-OH is 1. The van der Waals surface area contributed by atoms with E-state index in [1.807, 2.05) is 37.3 Å². The molecule has 0 radical (unpaired) electrons. The molecule has 0 heterocycles. The van der Waals surface area contributed by atoms with Crippen molar-refractivity contribution in [2.24, 2.45) is 5.92 Å². The van der Waals surface area contributed by atoms with E-state index in [1.54, 1.807) is 0 Å². The average Bonchev–Trinajstić information content (AvgIpc) is 2.36.